The highest BCUT2D eigenvalue weighted by Crippen LogP contribution is 2.25. The molecule has 19 heavy (non-hydrogen) atoms. The molecule has 3 nitrogen and oxygen atoms in total. The van der Waals surface area contributed by atoms with Gasteiger partial charge in [-0.3, -0.25) is 4.79 Å². The Morgan fingerprint density at radius 3 is 2.58 bits per heavy atom. The number of amides is 1. The van der Waals surface area contributed by atoms with E-state index in [2.05, 4.69) is 5.32 Å². The van der Waals surface area contributed by atoms with E-state index in [0.717, 1.165) is 0 Å². The van der Waals surface area contributed by atoms with Crippen molar-refractivity contribution < 1.29 is 9.18 Å². The van der Waals surface area contributed by atoms with Crippen molar-refractivity contribution in [2.75, 3.05) is 11.1 Å². The lowest BCUT2D eigenvalue weighted by molar-refractivity contribution is 0.102. The quantitative estimate of drug-likeness (QED) is 0.824. The number of nitrogens with two attached hydrogens (primary N) is 1. The fraction of sp³-hybridized carbons (Fsp3) is 0. The molecule has 0 aromatic heterocycles. The minimum Gasteiger partial charge on any atom is -0.396 e. The first-order valence-electron chi connectivity index (χ1n) is 5.29. The number of rotatable bonds is 2. The molecule has 0 aliphatic rings. The molecule has 0 spiro atoms. The highest BCUT2D eigenvalue weighted by atomic mass is 35.5. The van der Waals surface area contributed by atoms with Crippen LogP contribution in [0, 0.1) is 5.82 Å². The third-order valence-electron chi connectivity index (χ3n) is 2.48. The van der Waals surface area contributed by atoms with Crippen LogP contribution in [-0.2, 0) is 0 Å². The Morgan fingerprint density at radius 2 is 1.89 bits per heavy atom. The Morgan fingerprint density at radius 1 is 1.16 bits per heavy atom. The van der Waals surface area contributed by atoms with Gasteiger partial charge in [-0.2, -0.15) is 0 Å². The summed E-state index contributed by atoms with van der Waals surface area (Å²) in [7, 11) is 0. The lowest BCUT2D eigenvalue weighted by Gasteiger charge is -2.08. The average molecular weight is 299 g/mol. The van der Waals surface area contributed by atoms with Crippen LogP contribution in [0.1, 0.15) is 10.4 Å². The molecule has 0 aliphatic heterocycles. The number of hydrogen-bond donors (Lipinski definition) is 2. The Kier molecular flexibility index (Phi) is 3.93. The summed E-state index contributed by atoms with van der Waals surface area (Å²) < 4.78 is 13.3. The molecule has 3 N–H and O–H groups in total. The molecule has 1 amide bonds. The van der Waals surface area contributed by atoms with Crippen molar-refractivity contribution in [2.24, 2.45) is 0 Å². The summed E-state index contributed by atoms with van der Waals surface area (Å²) in [6.45, 7) is 0. The summed E-state index contributed by atoms with van der Waals surface area (Å²) in [6, 6.07) is 8.67. The van der Waals surface area contributed by atoms with Crippen LogP contribution < -0.4 is 11.1 Å². The van der Waals surface area contributed by atoms with Crippen molar-refractivity contribution >= 4 is 40.5 Å². The van der Waals surface area contributed by atoms with E-state index in [9.17, 15) is 9.18 Å². The highest BCUT2D eigenvalue weighted by molar-refractivity contribution is 6.42. The molecule has 98 valence electrons. The summed E-state index contributed by atoms with van der Waals surface area (Å²) in [5.41, 5.74) is 5.82. The molecule has 0 saturated carbocycles. The van der Waals surface area contributed by atoms with Gasteiger partial charge in [0.1, 0.15) is 5.82 Å². The predicted molar refractivity (Wildman–Crippen MR) is 75.2 cm³/mol. The van der Waals surface area contributed by atoms with Crippen molar-refractivity contribution in [1.29, 1.82) is 0 Å². The molecular weight excluding hydrogens is 290 g/mol. The lowest BCUT2D eigenvalue weighted by atomic mass is 10.1. The SMILES string of the molecule is Nc1c(F)cccc1C(=O)Nc1ccc(Cl)c(Cl)c1. The second kappa shape index (κ2) is 5.47. The number of benzene rings is 2. The van der Waals surface area contributed by atoms with Gasteiger partial charge >= 0.3 is 0 Å². The second-order valence-electron chi connectivity index (χ2n) is 3.78. The van der Waals surface area contributed by atoms with Gasteiger partial charge in [0.2, 0.25) is 0 Å². The smallest absolute Gasteiger partial charge is 0.257 e. The molecule has 0 saturated heterocycles. The fourth-order valence-corrected chi connectivity index (χ4v) is 1.81. The number of anilines is 2. The normalized spacial score (nSPS) is 10.3. The fourth-order valence-electron chi connectivity index (χ4n) is 1.51. The van der Waals surface area contributed by atoms with Gasteiger partial charge in [-0.25, -0.2) is 4.39 Å². The zero-order chi connectivity index (χ0) is 14.0. The molecule has 0 fully saturated rings. The number of carbonyl (C=O) groups is 1. The van der Waals surface area contributed by atoms with E-state index < -0.39 is 11.7 Å². The molecule has 0 radical (unpaired) electrons. The molecule has 0 heterocycles. The Labute approximate surface area is 119 Å². The summed E-state index contributed by atoms with van der Waals surface area (Å²) in [6.07, 6.45) is 0. The van der Waals surface area contributed by atoms with Gasteiger partial charge in [0, 0.05) is 5.69 Å². The number of carbonyl (C=O) groups excluding carboxylic acids is 1. The lowest BCUT2D eigenvalue weighted by Crippen LogP contribution is -2.14. The first-order chi connectivity index (χ1) is 8.99. The van der Waals surface area contributed by atoms with Crippen molar-refractivity contribution in [1.82, 2.24) is 0 Å². The highest BCUT2D eigenvalue weighted by Gasteiger charge is 2.13. The van der Waals surface area contributed by atoms with E-state index in [-0.39, 0.29) is 11.3 Å². The third kappa shape index (κ3) is 2.97. The van der Waals surface area contributed by atoms with Gasteiger partial charge in [0.05, 0.1) is 21.3 Å². The molecule has 0 bridgehead atoms. The molecule has 2 aromatic rings. The summed E-state index contributed by atoms with van der Waals surface area (Å²) in [5.74, 6) is -1.16. The van der Waals surface area contributed by atoms with Gasteiger partial charge in [-0.15, -0.1) is 0 Å². The van der Waals surface area contributed by atoms with Gasteiger partial charge in [0.15, 0.2) is 0 Å². The maximum atomic E-state index is 13.3. The van der Waals surface area contributed by atoms with Gasteiger partial charge < -0.3 is 11.1 Å². The Bertz CT molecular complexity index is 647. The van der Waals surface area contributed by atoms with E-state index in [0.29, 0.717) is 15.7 Å². The predicted octanol–water partition coefficient (Wildman–Crippen LogP) is 3.97. The van der Waals surface area contributed by atoms with Crippen LogP contribution in [0.2, 0.25) is 10.0 Å². The number of hydrogen-bond acceptors (Lipinski definition) is 2. The summed E-state index contributed by atoms with van der Waals surface area (Å²) >= 11 is 11.6. The van der Waals surface area contributed by atoms with Crippen LogP contribution in [-0.4, -0.2) is 5.91 Å². The molecule has 6 heteroatoms. The van der Waals surface area contributed by atoms with Crippen LogP contribution in [0.4, 0.5) is 15.8 Å². The van der Waals surface area contributed by atoms with Crippen LogP contribution in [0.5, 0.6) is 0 Å². The van der Waals surface area contributed by atoms with E-state index in [4.69, 9.17) is 28.9 Å². The van der Waals surface area contributed by atoms with Crippen LogP contribution in [0.25, 0.3) is 0 Å². The Hall–Kier alpha value is -1.78. The van der Waals surface area contributed by atoms with Crippen molar-refractivity contribution in [2.45, 2.75) is 0 Å². The van der Waals surface area contributed by atoms with Crippen LogP contribution >= 0.6 is 23.2 Å². The van der Waals surface area contributed by atoms with Crippen LogP contribution in [0.15, 0.2) is 36.4 Å². The number of nitrogen functional groups attached to an aromatic ring is 1. The summed E-state index contributed by atoms with van der Waals surface area (Å²) in [4.78, 5) is 11.9. The van der Waals surface area contributed by atoms with E-state index in [1.54, 1.807) is 12.1 Å². The van der Waals surface area contributed by atoms with Crippen molar-refractivity contribution in [3.05, 3.63) is 57.8 Å². The molecule has 2 rings (SSSR count). The van der Waals surface area contributed by atoms with E-state index >= 15 is 0 Å². The molecule has 0 aliphatic carbocycles. The molecular formula is C13H9Cl2FN2O. The number of halogens is 3. The second-order valence-corrected chi connectivity index (χ2v) is 4.60. The maximum absolute atomic E-state index is 13.3. The van der Waals surface area contributed by atoms with Crippen molar-refractivity contribution in [3.8, 4) is 0 Å². The minimum atomic E-state index is -0.637. The monoisotopic (exact) mass is 298 g/mol. The standard InChI is InChI=1S/C13H9Cl2FN2O/c14-9-5-4-7(6-10(9)15)18-13(19)8-2-1-3-11(16)12(8)17/h1-6H,17H2,(H,18,19). The largest absolute Gasteiger partial charge is 0.396 e. The minimum absolute atomic E-state index is 0.0612. The van der Waals surface area contributed by atoms with Gasteiger partial charge in [-0.1, -0.05) is 29.3 Å². The first-order valence-corrected chi connectivity index (χ1v) is 6.05. The molecule has 0 unspecified atom stereocenters. The maximum Gasteiger partial charge on any atom is 0.257 e. The van der Waals surface area contributed by atoms with Gasteiger partial charge in [-0.05, 0) is 30.3 Å². The topological polar surface area (TPSA) is 55.1 Å². The number of para-hydroxylation sites is 1. The van der Waals surface area contributed by atoms with Gasteiger partial charge in [0.25, 0.3) is 5.91 Å². The van der Waals surface area contributed by atoms with E-state index in [1.807, 2.05) is 0 Å². The zero-order valence-corrected chi connectivity index (χ0v) is 11.1. The van der Waals surface area contributed by atoms with Crippen LogP contribution in [0.3, 0.4) is 0 Å². The van der Waals surface area contributed by atoms with E-state index in [1.165, 1.54) is 24.3 Å². The number of nitrogens with one attached hydrogen (secondary N) is 1. The zero-order valence-electron chi connectivity index (χ0n) is 9.58. The van der Waals surface area contributed by atoms with Crippen molar-refractivity contribution in [3.63, 3.8) is 0 Å². The third-order valence-corrected chi connectivity index (χ3v) is 3.21. The molecule has 0 atom stereocenters. The summed E-state index contributed by atoms with van der Waals surface area (Å²) in [5, 5.41) is 3.26. The average Bonchev–Trinajstić information content (AvgIpc) is 2.37. The Balaban J connectivity index is 2.26. The molecule has 2 aromatic carbocycles. The first kappa shape index (κ1) is 13.6.